The Balaban J connectivity index is 1.48. The summed E-state index contributed by atoms with van der Waals surface area (Å²) in [5.74, 6) is -0.790. The number of methoxy groups -OCH3 is 1. The van der Waals surface area contributed by atoms with Gasteiger partial charge in [-0.25, -0.2) is 17.5 Å². The molecule has 1 saturated heterocycles. The normalized spacial score (nSPS) is 15.4. The molecule has 1 fully saturated rings. The number of nitrogens with one attached hydrogen (secondary N) is 1. The molecule has 0 saturated carbocycles. The first-order valence-electron chi connectivity index (χ1n) is 10.4. The van der Waals surface area contributed by atoms with Gasteiger partial charge in [0.1, 0.15) is 0 Å². The van der Waals surface area contributed by atoms with Crippen molar-refractivity contribution >= 4 is 27.6 Å². The molecule has 0 unspecified atom stereocenters. The fourth-order valence-corrected chi connectivity index (χ4v) is 5.25. The highest BCUT2D eigenvalue weighted by atomic mass is 32.2. The largest absolute Gasteiger partial charge is 0.465 e. The second kappa shape index (κ2) is 10.5. The molecule has 2 aromatic rings. The quantitative estimate of drug-likeness (QED) is 0.632. The standard InChI is InChI=1S/C23H28N2O5S/c1-30-23(27)20-10-5-11-21(17-20)24-22(26)19-12-14-25(15-13-19)31(28,29)16-6-9-18-7-3-2-4-8-18/h2-5,7-8,10-11,17,19H,6,9,12-16H2,1H3,(H,24,26). The van der Waals surface area contributed by atoms with Crippen LogP contribution in [0.15, 0.2) is 54.6 Å². The van der Waals surface area contributed by atoms with Crippen LogP contribution in [0.4, 0.5) is 5.69 Å². The first kappa shape index (κ1) is 23.0. The number of carbonyl (C=O) groups is 2. The number of ether oxygens (including phenoxy) is 1. The minimum Gasteiger partial charge on any atom is -0.465 e. The van der Waals surface area contributed by atoms with Gasteiger partial charge in [-0.2, -0.15) is 0 Å². The molecule has 8 heteroatoms. The minimum absolute atomic E-state index is 0.110. The number of rotatable bonds is 8. The molecule has 31 heavy (non-hydrogen) atoms. The summed E-state index contributed by atoms with van der Waals surface area (Å²) in [5.41, 5.74) is 2.00. The molecule has 2 aromatic carbocycles. The van der Waals surface area contributed by atoms with Crippen LogP contribution in [-0.2, 0) is 26.0 Å². The van der Waals surface area contributed by atoms with Gasteiger partial charge in [0, 0.05) is 24.7 Å². The van der Waals surface area contributed by atoms with Crippen LogP contribution in [0.25, 0.3) is 0 Å². The van der Waals surface area contributed by atoms with Gasteiger partial charge >= 0.3 is 5.97 Å². The van der Waals surface area contributed by atoms with E-state index in [-0.39, 0.29) is 17.6 Å². The lowest BCUT2D eigenvalue weighted by Gasteiger charge is -2.30. The molecule has 0 aromatic heterocycles. The fourth-order valence-electron chi connectivity index (χ4n) is 3.71. The van der Waals surface area contributed by atoms with Crippen LogP contribution in [0.3, 0.4) is 0 Å². The smallest absolute Gasteiger partial charge is 0.337 e. The van der Waals surface area contributed by atoms with E-state index in [2.05, 4.69) is 5.32 Å². The van der Waals surface area contributed by atoms with Crippen LogP contribution in [0, 0.1) is 5.92 Å². The van der Waals surface area contributed by atoms with Crippen LogP contribution in [0.1, 0.15) is 35.2 Å². The zero-order valence-corrected chi connectivity index (χ0v) is 18.4. The maximum atomic E-state index is 12.7. The Kier molecular flexibility index (Phi) is 7.81. The molecule has 3 rings (SSSR count). The zero-order valence-electron chi connectivity index (χ0n) is 17.6. The molecule has 0 radical (unpaired) electrons. The van der Waals surface area contributed by atoms with Crippen LogP contribution < -0.4 is 5.32 Å². The zero-order chi connectivity index (χ0) is 22.3. The Morgan fingerprint density at radius 3 is 2.45 bits per heavy atom. The SMILES string of the molecule is COC(=O)c1cccc(NC(=O)C2CCN(S(=O)(=O)CCCc3ccccc3)CC2)c1. The second-order valence-corrected chi connectivity index (χ2v) is 9.73. The summed E-state index contributed by atoms with van der Waals surface area (Å²) in [4.78, 5) is 24.2. The molecule has 1 aliphatic rings. The number of anilines is 1. The van der Waals surface area contributed by atoms with Crippen molar-refractivity contribution in [3.63, 3.8) is 0 Å². The number of carbonyl (C=O) groups excluding carboxylic acids is 2. The summed E-state index contributed by atoms with van der Waals surface area (Å²) in [6.07, 6.45) is 2.24. The van der Waals surface area contributed by atoms with Gasteiger partial charge in [0.15, 0.2) is 0 Å². The van der Waals surface area contributed by atoms with Gasteiger partial charge in [-0.15, -0.1) is 0 Å². The van der Waals surface area contributed by atoms with Crippen molar-refractivity contribution in [2.24, 2.45) is 5.92 Å². The first-order valence-corrected chi connectivity index (χ1v) is 12.0. The molecule has 166 valence electrons. The first-order chi connectivity index (χ1) is 14.9. The van der Waals surface area contributed by atoms with E-state index in [0.717, 1.165) is 12.0 Å². The van der Waals surface area contributed by atoms with Gasteiger partial charge in [-0.3, -0.25) is 4.79 Å². The van der Waals surface area contributed by atoms with Gasteiger partial charge in [0.25, 0.3) is 0 Å². The van der Waals surface area contributed by atoms with E-state index in [1.54, 1.807) is 24.3 Å². The van der Waals surface area contributed by atoms with Crippen molar-refractivity contribution in [3.8, 4) is 0 Å². The highest BCUT2D eigenvalue weighted by Crippen LogP contribution is 2.22. The maximum Gasteiger partial charge on any atom is 0.337 e. The predicted octanol–water partition coefficient (Wildman–Crippen LogP) is 3.09. The highest BCUT2D eigenvalue weighted by molar-refractivity contribution is 7.89. The Labute approximate surface area is 183 Å². The topological polar surface area (TPSA) is 92.8 Å². The van der Waals surface area contributed by atoms with E-state index in [1.807, 2.05) is 30.3 Å². The van der Waals surface area contributed by atoms with E-state index in [0.29, 0.717) is 43.6 Å². The molecule has 1 heterocycles. The average molecular weight is 445 g/mol. The third-order valence-electron chi connectivity index (χ3n) is 5.48. The number of piperidine rings is 1. The van der Waals surface area contributed by atoms with Gasteiger partial charge in [0.05, 0.1) is 18.4 Å². The molecule has 0 spiro atoms. The fraction of sp³-hybridized carbons (Fsp3) is 0.391. The predicted molar refractivity (Wildman–Crippen MR) is 119 cm³/mol. The number of nitrogens with zero attached hydrogens (tertiary/aromatic N) is 1. The van der Waals surface area contributed by atoms with Gasteiger partial charge in [-0.1, -0.05) is 36.4 Å². The third-order valence-corrected chi connectivity index (χ3v) is 7.44. The molecule has 0 bridgehead atoms. The van der Waals surface area contributed by atoms with Crippen molar-refractivity contribution in [2.75, 3.05) is 31.3 Å². The lowest BCUT2D eigenvalue weighted by Crippen LogP contribution is -2.42. The van der Waals surface area contributed by atoms with Crippen molar-refractivity contribution in [3.05, 3.63) is 65.7 Å². The Morgan fingerprint density at radius 2 is 1.77 bits per heavy atom. The summed E-state index contributed by atoms with van der Waals surface area (Å²) in [5, 5.41) is 2.82. The summed E-state index contributed by atoms with van der Waals surface area (Å²) in [7, 11) is -2.03. The summed E-state index contributed by atoms with van der Waals surface area (Å²) < 4.78 is 31.5. The lowest BCUT2D eigenvalue weighted by molar-refractivity contribution is -0.120. The van der Waals surface area contributed by atoms with Crippen LogP contribution in [0.2, 0.25) is 0 Å². The van der Waals surface area contributed by atoms with Crippen LogP contribution in [-0.4, -0.2) is 50.6 Å². The molecular formula is C23H28N2O5S. The second-order valence-electron chi connectivity index (χ2n) is 7.64. The summed E-state index contributed by atoms with van der Waals surface area (Å²) in [6, 6.07) is 16.4. The molecule has 7 nitrogen and oxygen atoms in total. The summed E-state index contributed by atoms with van der Waals surface area (Å²) in [6.45, 7) is 0.682. The lowest BCUT2D eigenvalue weighted by atomic mass is 9.97. The van der Waals surface area contributed by atoms with Gasteiger partial charge in [0.2, 0.25) is 15.9 Å². The number of benzene rings is 2. The van der Waals surface area contributed by atoms with E-state index >= 15 is 0 Å². The van der Waals surface area contributed by atoms with Crippen molar-refractivity contribution < 1.29 is 22.7 Å². The van der Waals surface area contributed by atoms with Crippen molar-refractivity contribution in [2.45, 2.75) is 25.7 Å². The Bertz CT molecular complexity index is 1000. The average Bonchev–Trinajstić information content (AvgIpc) is 2.79. The van der Waals surface area contributed by atoms with Crippen molar-refractivity contribution in [1.29, 1.82) is 0 Å². The van der Waals surface area contributed by atoms with Crippen LogP contribution in [0.5, 0.6) is 0 Å². The number of hydrogen-bond donors (Lipinski definition) is 1. The number of hydrogen-bond acceptors (Lipinski definition) is 5. The number of amides is 1. The molecule has 1 amide bonds. The molecule has 0 atom stereocenters. The van der Waals surface area contributed by atoms with Gasteiger partial charge < -0.3 is 10.1 Å². The van der Waals surface area contributed by atoms with Gasteiger partial charge in [-0.05, 0) is 49.4 Å². The van der Waals surface area contributed by atoms with E-state index < -0.39 is 16.0 Å². The van der Waals surface area contributed by atoms with Crippen LogP contribution >= 0.6 is 0 Å². The monoisotopic (exact) mass is 444 g/mol. The molecule has 1 N–H and O–H groups in total. The summed E-state index contributed by atoms with van der Waals surface area (Å²) >= 11 is 0. The third kappa shape index (κ3) is 6.38. The number of sulfonamides is 1. The van der Waals surface area contributed by atoms with E-state index in [1.165, 1.54) is 11.4 Å². The maximum absolute atomic E-state index is 12.7. The number of aryl methyl sites for hydroxylation is 1. The Morgan fingerprint density at radius 1 is 1.06 bits per heavy atom. The van der Waals surface area contributed by atoms with Crippen molar-refractivity contribution in [1.82, 2.24) is 4.31 Å². The highest BCUT2D eigenvalue weighted by Gasteiger charge is 2.30. The van der Waals surface area contributed by atoms with E-state index in [4.69, 9.17) is 4.74 Å². The molecular weight excluding hydrogens is 416 g/mol. The van der Waals surface area contributed by atoms with E-state index in [9.17, 15) is 18.0 Å². The number of esters is 1. The molecule has 1 aliphatic heterocycles. The minimum atomic E-state index is -3.33. The Hall–Kier alpha value is -2.71. The molecule has 0 aliphatic carbocycles.